The minimum Gasteiger partial charge on any atom is -0.481 e. The van der Waals surface area contributed by atoms with E-state index in [9.17, 15) is 18.8 Å². The maximum absolute atomic E-state index is 14.6. The molecular formula is C23H20FN3O4. The van der Waals surface area contributed by atoms with E-state index in [1.165, 1.54) is 12.1 Å². The Balaban J connectivity index is 1.71. The Labute approximate surface area is 176 Å². The maximum atomic E-state index is 14.6. The normalized spacial score (nSPS) is 16.1. The molecule has 1 unspecified atom stereocenters. The lowest BCUT2D eigenvalue weighted by atomic mass is 9.81. The fourth-order valence-corrected chi connectivity index (χ4v) is 4.82. The van der Waals surface area contributed by atoms with Crippen LogP contribution in [0.5, 0.6) is 0 Å². The number of carbonyl (C=O) groups excluding carboxylic acids is 1. The Morgan fingerprint density at radius 3 is 2.87 bits per heavy atom. The monoisotopic (exact) mass is 421 g/mol. The van der Waals surface area contributed by atoms with E-state index >= 15 is 0 Å². The van der Waals surface area contributed by atoms with E-state index < -0.39 is 5.97 Å². The van der Waals surface area contributed by atoms with E-state index in [0.717, 1.165) is 22.1 Å². The number of nitrogens with one attached hydrogen (secondary N) is 1. The molecule has 0 saturated heterocycles. The van der Waals surface area contributed by atoms with E-state index in [1.807, 2.05) is 6.07 Å². The zero-order valence-corrected chi connectivity index (χ0v) is 16.9. The minimum atomic E-state index is -1.03. The number of rotatable bonds is 4. The molecule has 1 atom stereocenters. The number of aliphatic carboxylic acids is 1. The number of halogens is 1. The summed E-state index contributed by atoms with van der Waals surface area (Å²) in [5.41, 5.74) is 4.81. The first kappa shape index (κ1) is 19.4. The Kier molecular flexibility index (Phi) is 4.39. The number of carbonyl (C=O) groups is 2. The summed E-state index contributed by atoms with van der Waals surface area (Å²) >= 11 is 0. The molecule has 0 spiro atoms. The molecule has 0 saturated carbocycles. The number of hydrogen-bond donors (Lipinski definition) is 2. The van der Waals surface area contributed by atoms with Crippen molar-refractivity contribution in [2.75, 3.05) is 0 Å². The summed E-state index contributed by atoms with van der Waals surface area (Å²) < 4.78 is 16.3. The molecule has 2 aliphatic rings. The lowest BCUT2D eigenvalue weighted by Gasteiger charge is -2.29. The van der Waals surface area contributed by atoms with Crippen molar-refractivity contribution in [3.8, 4) is 11.4 Å². The van der Waals surface area contributed by atoms with Crippen LogP contribution >= 0.6 is 0 Å². The van der Waals surface area contributed by atoms with Crippen LogP contribution in [0.1, 0.15) is 47.6 Å². The van der Waals surface area contributed by atoms with Gasteiger partial charge in [-0.25, -0.2) is 9.37 Å². The van der Waals surface area contributed by atoms with Gasteiger partial charge in [-0.3, -0.25) is 14.4 Å². The number of carboxylic acid groups (broad SMARTS) is 1. The quantitative estimate of drug-likeness (QED) is 0.528. The molecule has 8 heteroatoms. The van der Waals surface area contributed by atoms with Crippen molar-refractivity contribution in [3.63, 3.8) is 0 Å². The number of hydrogen-bond acceptors (Lipinski definition) is 4. The van der Waals surface area contributed by atoms with Crippen molar-refractivity contribution in [2.24, 2.45) is 0 Å². The maximum Gasteiger partial charge on any atom is 0.303 e. The van der Waals surface area contributed by atoms with Gasteiger partial charge in [-0.1, -0.05) is 6.07 Å². The van der Waals surface area contributed by atoms with Crippen LogP contribution in [-0.2, 0) is 22.6 Å². The highest BCUT2D eigenvalue weighted by Crippen LogP contribution is 2.44. The lowest BCUT2D eigenvalue weighted by molar-refractivity contribution is -0.138. The third-order valence-electron chi connectivity index (χ3n) is 6.29. The van der Waals surface area contributed by atoms with Gasteiger partial charge in [0.1, 0.15) is 5.82 Å². The Morgan fingerprint density at radius 1 is 1.29 bits per heavy atom. The first-order valence-corrected chi connectivity index (χ1v) is 10.2. The summed E-state index contributed by atoms with van der Waals surface area (Å²) in [6, 6.07) is 6.03. The lowest BCUT2D eigenvalue weighted by Crippen LogP contribution is -2.32. The molecule has 0 bridgehead atoms. The van der Waals surface area contributed by atoms with Crippen LogP contribution in [0.2, 0.25) is 0 Å². The molecule has 0 fully saturated rings. The minimum absolute atomic E-state index is 0.114. The summed E-state index contributed by atoms with van der Waals surface area (Å²) in [5.74, 6) is -1.70. The van der Waals surface area contributed by atoms with Crippen molar-refractivity contribution in [1.29, 1.82) is 0 Å². The van der Waals surface area contributed by atoms with Crippen molar-refractivity contribution in [3.05, 3.63) is 62.7 Å². The molecule has 1 aliphatic carbocycles. The molecule has 3 aromatic rings. The molecule has 31 heavy (non-hydrogen) atoms. The summed E-state index contributed by atoms with van der Waals surface area (Å²) in [4.78, 5) is 40.4. The number of amides is 1. The topological polar surface area (TPSA) is 101 Å². The summed E-state index contributed by atoms with van der Waals surface area (Å²) in [6.07, 6.45) is 0.776. The third-order valence-corrected chi connectivity index (χ3v) is 6.29. The first-order chi connectivity index (χ1) is 14.8. The van der Waals surface area contributed by atoms with Crippen LogP contribution in [0, 0.1) is 12.7 Å². The molecule has 7 nitrogen and oxygen atoms in total. The number of carboxylic acids is 1. The smallest absolute Gasteiger partial charge is 0.303 e. The van der Waals surface area contributed by atoms with Crippen LogP contribution in [0.3, 0.4) is 0 Å². The summed E-state index contributed by atoms with van der Waals surface area (Å²) in [6.45, 7) is 2.08. The van der Waals surface area contributed by atoms with Gasteiger partial charge in [0.15, 0.2) is 0 Å². The van der Waals surface area contributed by atoms with Crippen molar-refractivity contribution >= 4 is 22.8 Å². The van der Waals surface area contributed by atoms with Gasteiger partial charge in [-0.2, -0.15) is 0 Å². The van der Waals surface area contributed by atoms with Gasteiger partial charge < -0.3 is 15.0 Å². The van der Waals surface area contributed by atoms with Crippen molar-refractivity contribution in [2.45, 2.75) is 45.2 Å². The van der Waals surface area contributed by atoms with Gasteiger partial charge in [0, 0.05) is 29.5 Å². The SMILES string of the molecule is Cc1c(F)cc2nc3c(c4c2c1CCC4NC(=O)CCC(=O)O)Cn1c-3cccc1=O. The van der Waals surface area contributed by atoms with Gasteiger partial charge in [0.05, 0.1) is 35.9 Å². The Morgan fingerprint density at radius 2 is 2.10 bits per heavy atom. The second kappa shape index (κ2) is 7.01. The van der Waals surface area contributed by atoms with Gasteiger partial charge in [0.25, 0.3) is 5.56 Å². The Hall–Kier alpha value is -3.55. The van der Waals surface area contributed by atoms with Crippen LogP contribution in [0.4, 0.5) is 4.39 Å². The van der Waals surface area contributed by atoms with Gasteiger partial charge in [0.2, 0.25) is 5.91 Å². The molecule has 2 N–H and O–H groups in total. The van der Waals surface area contributed by atoms with Crippen LogP contribution in [-0.4, -0.2) is 26.5 Å². The number of nitrogens with zero attached hydrogens (tertiary/aromatic N) is 2. The summed E-state index contributed by atoms with van der Waals surface area (Å²) in [7, 11) is 0. The first-order valence-electron chi connectivity index (χ1n) is 10.2. The second-order valence-corrected chi connectivity index (χ2v) is 8.10. The van der Waals surface area contributed by atoms with E-state index in [0.29, 0.717) is 41.9 Å². The highest BCUT2D eigenvalue weighted by molar-refractivity contribution is 5.93. The fourth-order valence-electron chi connectivity index (χ4n) is 4.82. The third kappa shape index (κ3) is 3.01. The van der Waals surface area contributed by atoms with Crippen LogP contribution < -0.4 is 10.9 Å². The second-order valence-electron chi connectivity index (χ2n) is 8.10. The molecule has 5 rings (SSSR count). The average molecular weight is 421 g/mol. The molecule has 3 heterocycles. The van der Waals surface area contributed by atoms with E-state index in [1.54, 1.807) is 17.6 Å². The predicted molar refractivity (Wildman–Crippen MR) is 111 cm³/mol. The number of aromatic nitrogens is 2. The zero-order valence-electron chi connectivity index (χ0n) is 16.9. The molecule has 1 aromatic carbocycles. The standard InChI is InChI=1S/C23H20FN3O4/c1-11-12-5-6-15(25-18(28)7-8-20(30)31)22-13-10-27-17(3-2-4-19(27)29)23(13)26-16(21(12)22)9-14(11)24/h2-4,9,15H,5-8,10H2,1H3,(H,25,28)(H,30,31). The van der Waals surface area contributed by atoms with Crippen LogP contribution in [0.15, 0.2) is 29.1 Å². The summed E-state index contributed by atoms with van der Waals surface area (Å²) in [5, 5.41) is 12.7. The van der Waals surface area contributed by atoms with E-state index in [-0.39, 0.29) is 36.2 Å². The van der Waals surface area contributed by atoms with Crippen molar-refractivity contribution < 1.29 is 19.1 Å². The molecule has 2 aromatic heterocycles. The number of benzene rings is 1. The molecule has 1 amide bonds. The largest absolute Gasteiger partial charge is 0.481 e. The Bertz CT molecular complexity index is 1350. The number of fused-ring (bicyclic) bond motifs is 4. The average Bonchev–Trinajstić information content (AvgIpc) is 3.11. The van der Waals surface area contributed by atoms with E-state index in [4.69, 9.17) is 10.1 Å². The number of aryl methyl sites for hydroxylation is 1. The van der Waals surface area contributed by atoms with Gasteiger partial charge in [-0.15, -0.1) is 0 Å². The van der Waals surface area contributed by atoms with E-state index in [2.05, 4.69) is 5.32 Å². The predicted octanol–water partition coefficient (Wildman–Crippen LogP) is 2.84. The molecule has 0 radical (unpaired) electrons. The van der Waals surface area contributed by atoms with Gasteiger partial charge >= 0.3 is 5.97 Å². The number of pyridine rings is 2. The highest BCUT2D eigenvalue weighted by Gasteiger charge is 2.33. The zero-order chi connectivity index (χ0) is 21.9. The molecule has 158 valence electrons. The fraction of sp³-hybridized carbons (Fsp3) is 0.304. The highest BCUT2D eigenvalue weighted by atomic mass is 19.1. The van der Waals surface area contributed by atoms with Crippen molar-refractivity contribution in [1.82, 2.24) is 14.9 Å². The van der Waals surface area contributed by atoms with Gasteiger partial charge in [-0.05, 0) is 42.5 Å². The molecule has 1 aliphatic heterocycles. The molecular weight excluding hydrogens is 401 g/mol. The van der Waals surface area contributed by atoms with Crippen LogP contribution in [0.25, 0.3) is 22.3 Å².